The summed E-state index contributed by atoms with van der Waals surface area (Å²) in [6, 6.07) is 12.9. The molecular weight excluding hydrogens is 364 g/mol. The van der Waals surface area contributed by atoms with Gasteiger partial charge in [-0.3, -0.25) is 9.36 Å². The molecule has 0 aliphatic heterocycles. The first-order valence-corrected chi connectivity index (χ1v) is 8.25. The summed E-state index contributed by atoms with van der Waals surface area (Å²) in [6.45, 7) is 2.06. The fraction of sp³-hybridized carbons (Fsp3) is 0.176. The van der Waals surface area contributed by atoms with E-state index in [4.69, 9.17) is 11.6 Å². The first kappa shape index (κ1) is 15.3. The molecule has 5 heteroatoms. The Kier molecular flexibility index (Phi) is 4.32. The number of benzene rings is 2. The number of fused-ring (bicyclic) bond motifs is 1. The van der Waals surface area contributed by atoms with Crippen molar-refractivity contribution in [2.24, 2.45) is 0 Å². The SMILES string of the molecule is CCCc1nc2ccc(Br)cc2c(=O)n1-c1ccccc1Cl. The maximum Gasteiger partial charge on any atom is 0.266 e. The summed E-state index contributed by atoms with van der Waals surface area (Å²) in [6.07, 6.45) is 1.62. The fourth-order valence-corrected chi connectivity index (χ4v) is 3.06. The highest BCUT2D eigenvalue weighted by Gasteiger charge is 2.14. The first-order chi connectivity index (χ1) is 10.6. The number of para-hydroxylation sites is 1. The Labute approximate surface area is 141 Å². The van der Waals surface area contributed by atoms with Crippen LogP contribution >= 0.6 is 27.5 Å². The molecule has 0 saturated heterocycles. The first-order valence-electron chi connectivity index (χ1n) is 7.08. The van der Waals surface area contributed by atoms with Crippen LogP contribution in [0.15, 0.2) is 51.7 Å². The van der Waals surface area contributed by atoms with Crippen LogP contribution < -0.4 is 5.56 Å². The Bertz CT molecular complexity index is 905. The van der Waals surface area contributed by atoms with E-state index in [0.29, 0.717) is 28.0 Å². The van der Waals surface area contributed by atoms with E-state index >= 15 is 0 Å². The summed E-state index contributed by atoms with van der Waals surface area (Å²) < 4.78 is 2.48. The molecule has 112 valence electrons. The molecule has 1 heterocycles. The summed E-state index contributed by atoms with van der Waals surface area (Å²) >= 11 is 9.70. The average Bonchev–Trinajstić information content (AvgIpc) is 2.50. The lowest BCUT2D eigenvalue weighted by Gasteiger charge is -2.14. The van der Waals surface area contributed by atoms with Gasteiger partial charge in [0.15, 0.2) is 0 Å². The lowest BCUT2D eigenvalue weighted by Crippen LogP contribution is -2.24. The predicted octanol–water partition coefficient (Wildman–Crippen LogP) is 4.75. The van der Waals surface area contributed by atoms with Crippen LogP contribution in [0.4, 0.5) is 0 Å². The third kappa shape index (κ3) is 2.69. The van der Waals surface area contributed by atoms with Gasteiger partial charge in [0, 0.05) is 10.9 Å². The van der Waals surface area contributed by atoms with Crippen LogP contribution in [0.25, 0.3) is 16.6 Å². The van der Waals surface area contributed by atoms with E-state index in [1.165, 1.54) is 0 Å². The summed E-state index contributed by atoms with van der Waals surface area (Å²) in [7, 11) is 0. The van der Waals surface area contributed by atoms with Gasteiger partial charge in [-0.15, -0.1) is 0 Å². The number of hydrogen-bond donors (Lipinski definition) is 0. The Morgan fingerprint density at radius 3 is 2.73 bits per heavy atom. The van der Waals surface area contributed by atoms with Gasteiger partial charge < -0.3 is 0 Å². The molecule has 3 rings (SSSR count). The highest BCUT2D eigenvalue weighted by Crippen LogP contribution is 2.22. The monoisotopic (exact) mass is 376 g/mol. The standard InChI is InChI=1S/C17H14BrClN2O/c1-2-5-16-20-14-9-8-11(18)10-12(14)17(22)21(16)15-7-4-3-6-13(15)19/h3-4,6-10H,2,5H2,1H3. The number of halogens is 2. The Hall–Kier alpha value is -1.65. The van der Waals surface area contributed by atoms with E-state index in [0.717, 1.165) is 16.7 Å². The molecular formula is C17H14BrClN2O. The molecule has 0 unspecified atom stereocenters. The van der Waals surface area contributed by atoms with Crippen molar-refractivity contribution in [3.8, 4) is 5.69 Å². The maximum absolute atomic E-state index is 13.0. The molecule has 22 heavy (non-hydrogen) atoms. The van der Waals surface area contributed by atoms with Crippen LogP contribution in [0, 0.1) is 0 Å². The number of aromatic nitrogens is 2. The van der Waals surface area contributed by atoms with Gasteiger partial charge in [-0.2, -0.15) is 0 Å². The van der Waals surface area contributed by atoms with Crippen molar-refractivity contribution >= 4 is 38.4 Å². The van der Waals surface area contributed by atoms with Crippen molar-refractivity contribution in [2.75, 3.05) is 0 Å². The molecule has 1 aromatic heterocycles. The van der Waals surface area contributed by atoms with Crippen molar-refractivity contribution < 1.29 is 0 Å². The van der Waals surface area contributed by atoms with E-state index in [1.54, 1.807) is 16.7 Å². The van der Waals surface area contributed by atoms with Crippen molar-refractivity contribution in [3.05, 3.63) is 68.1 Å². The largest absolute Gasteiger partial charge is 0.268 e. The molecule has 0 bridgehead atoms. The van der Waals surface area contributed by atoms with Gasteiger partial charge in [0.25, 0.3) is 5.56 Å². The lowest BCUT2D eigenvalue weighted by atomic mass is 10.2. The second-order valence-corrected chi connectivity index (χ2v) is 6.35. The topological polar surface area (TPSA) is 34.9 Å². The number of nitrogens with zero attached hydrogens (tertiary/aromatic N) is 2. The molecule has 0 fully saturated rings. The highest BCUT2D eigenvalue weighted by molar-refractivity contribution is 9.10. The van der Waals surface area contributed by atoms with Gasteiger partial charge in [-0.1, -0.05) is 46.6 Å². The van der Waals surface area contributed by atoms with Crippen LogP contribution in [0.2, 0.25) is 5.02 Å². The molecule has 3 aromatic rings. The molecule has 0 aliphatic rings. The number of hydrogen-bond acceptors (Lipinski definition) is 2. The smallest absolute Gasteiger partial charge is 0.266 e. The normalized spacial score (nSPS) is 11.0. The van der Waals surface area contributed by atoms with Gasteiger partial charge in [-0.05, 0) is 36.8 Å². The summed E-state index contributed by atoms with van der Waals surface area (Å²) in [4.78, 5) is 17.6. The minimum absolute atomic E-state index is 0.0946. The zero-order valence-electron chi connectivity index (χ0n) is 12.0. The van der Waals surface area contributed by atoms with E-state index in [9.17, 15) is 4.79 Å². The van der Waals surface area contributed by atoms with Crippen molar-refractivity contribution in [2.45, 2.75) is 19.8 Å². The van der Waals surface area contributed by atoms with E-state index in [-0.39, 0.29) is 5.56 Å². The van der Waals surface area contributed by atoms with Gasteiger partial charge in [0.1, 0.15) is 5.82 Å². The van der Waals surface area contributed by atoms with Gasteiger partial charge >= 0.3 is 0 Å². The van der Waals surface area contributed by atoms with Crippen LogP contribution in [-0.2, 0) is 6.42 Å². The summed E-state index contributed by atoms with van der Waals surface area (Å²) in [5.41, 5.74) is 1.29. The minimum Gasteiger partial charge on any atom is -0.268 e. The second-order valence-electron chi connectivity index (χ2n) is 5.03. The average molecular weight is 378 g/mol. The van der Waals surface area contributed by atoms with Gasteiger partial charge in [0.2, 0.25) is 0 Å². The molecule has 0 saturated carbocycles. The van der Waals surface area contributed by atoms with Crippen molar-refractivity contribution in [1.82, 2.24) is 9.55 Å². The predicted molar refractivity (Wildman–Crippen MR) is 94.0 cm³/mol. The molecule has 2 aromatic carbocycles. The zero-order valence-corrected chi connectivity index (χ0v) is 14.4. The van der Waals surface area contributed by atoms with Crippen LogP contribution in [0.1, 0.15) is 19.2 Å². The fourth-order valence-electron chi connectivity index (χ4n) is 2.48. The molecule has 0 spiro atoms. The number of rotatable bonds is 3. The zero-order chi connectivity index (χ0) is 15.7. The molecule has 3 nitrogen and oxygen atoms in total. The molecule has 0 aliphatic carbocycles. The lowest BCUT2D eigenvalue weighted by molar-refractivity contribution is 0.774. The summed E-state index contributed by atoms with van der Waals surface area (Å²) in [5, 5.41) is 1.12. The van der Waals surface area contributed by atoms with Gasteiger partial charge in [-0.25, -0.2) is 4.98 Å². The van der Waals surface area contributed by atoms with Crippen molar-refractivity contribution in [1.29, 1.82) is 0 Å². The quantitative estimate of drug-likeness (QED) is 0.660. The third-order valence-electron chi connectivity index (χ3n) is 3.47. The molecule has 0 N–H and O–H groups in total. The second kappa shape index (κ2) is 6.23. The van der Waals surface area contributed by atoms with Crippen LogP contribution in [-0.4, -0.2) is 9.55 Å². The maximum atomic E-state index is 13.0. The van der Waals surface area contributed by atoms with E-state index < -0.39 is 0 Å². The van der Waals surface area contributed by atoms with Crippen LogP contribution in [0.3, 0.4) is 0 Å². The Balaban J connectivity index is 2.41. The number of aryl methyl sites for hydroxylation is 1. The van der Waals surface area contributed by atoms with Crippen LogP contribution in [0.5, 0.6) is 0 Å². The molecule has 0 radical (unpaired) electrons. The minimum atomic E-state index is -0.0946. The third-order valence-corrected chi connectivity index (χ3v) is 4.28. The highest BCUT2D eigenvalue weighted by atomic mass is 79.9. The Morgan fingerprint density at radius 1 is 1.23 bits per heavy atom. The van der Waals surface area contributed by atoms with Gasteiger partial charge in [0.05, 0.1) is 21.6 Å². The molecule has 0 amide bonds. The Morgan fingerprint density at radius 2 is 2.00 bits per heavy atom. The summed E-state index contributed by atoms with van der Waals surface area (Å²) in [5.74, 6) is 0.732. The van der Waals surface area contributed by atoms with Crippen molar-refractivity contribution in [3.63, 3.8) is 0 Å². The van der Waals surface area contributed by atoms with E-state index in [1.807, 2.05) is 30.3 Å². The van der Waals surface area contributed by atoms with E-state index in [2.05, 4.69) is 27.8 Å². The molecule has 0 atom stereocenters.